The second-order valence-corrected chi connectivity index (χ2v) is 10.1. The Labute approximate surface area is 216 Å². The third kappa shape index (κ3) is 4.64. The number of H-pyrrole nitrogens is 1. The number of nitrogens with zero attached hydrogens (tertiary/aromatic N) is 3. The van der Waals surface area contributed by atoms with Crippen molar-refractivity contribution in [1.82, 2.24) is 15.0 Å². The van der Waals surface area contributed by atoms with Crippen molar-refractivity contribution < 1.29 is 17.5 Å². The summed E-state index contributed by atoms with van der Waals surface area (Å²) in [6.45, 7) is 0. The predicted octanol–water partition coefficient (Wildman–Crippen LogP) is 5.31. The third-order valence-electron chi connectivity index (χ3n) is 5.59. The summed E-state index contributed by atoms with van der Waals surface area (Å²) in [4.78, 5) is 22.5. The first-order valence-corrected chi connectivity index (χ1v) is 12.7. The van der Waals surface area contributed by atoms with Crippen molar-refractivity contribution in [2.45, 2.75) is 4.90 Å². The monoisotopic (exact) mass is 536 g/mol. The highest BCUT2D eigenvalue weighted by Gasteiger charge is 2.32. The third-order valence-corrected chi connectivity index (χ3v) is 7.59. The Morgan fingerprint density at radius 3 is 2.49 bits per heavy atom. The number of benzene rings is 3. The minimum Gasteiger partial charge on any atom is -0.495 e. The van der Waals surface area contributed by atoms with Crippen LogP contribution < -0.4 is 14.6 Å². The minimum absolute atomic E-state index is 0.0559. The van der Waals surface area contributed by atoms with E-state index in [0.717, 1.165) is 4.31 Å². The van der Waals surface area contributed by atoms with Crippen molar-refractivity contribution >= 4 is 44.2 Å². The van der Waals surface area contributed by atoms with E-state index in [0.29, 0.717) is 22.0 Å². The van der Waals surface area contributed by atoms with Gasteiger partial charge in [-0.15, -0.1) is 0 Å². The average molecular weight is 537 g/mol. The molecular weight excluding hydrogens is 519 g/mol. The molecule has 0 aliphatic carbocycles. The number of aromatic nitrogens is 3. The number of sulfonamides is 1. The molecule has 0 aliphatic rings. The number of halogens is 2. The Kier molecular flexibility index (Phi) is 6.36. The first-order valence-electron chi connectivity index (χ1n) is 10.9. The minimum atomic E-state index is -4.32. The second-order valence-electron chi connectivity index (χ2n) is 7.90. The van der Waals surface area contributed by atoms with E-state index >= 15 is 0 Å². The van der Waals surface area contributed by atoms with Crippen LogP contribution in [0.1, 0.15) is 0 Å². The number of nitrogens with one attached hydrogen (secondary N) is 1. The molecule has 2 aromatic heterocycles. The molecule has 0 bridgehead atoms. The van der Waals surface area contributed by atoms with Gasteiger partial charge in [0.05, 0.1) is 17.0 Å². The molecule has 2 heterocycles. The highest BCUT2D eigenvalue weighted by Crippen LogP contribution is 2.43. The fraction of sp³-hybridized carbons (Fsp3) is 0.0385. The molecule has 0 fully saturated rings. The molecule has 8 nitrogen and oxygen atoms in total. The van der Waals surface area contributed by atoms with Crippen LogP contribution in [-0.2, 0) is 10.0 Å². The molecule has 186 valence electrons. The lowest BCUT2D eigenvalue weighted by atomic mass is 10.0. The van der Waals surface area contributed by atoms with E-state index in [1.165, 1.54) is 74.1 Å². The molecule has 1 N–H and O–H groups in total. The molecule has 11 heteroatoms. The van der Waals surface area contributed by atoms with Gasteiger partial charge in [-0.3, -0.25) is 4.79 Å². The van der Waals surface area contributed by atoms with Gasteiger partial charge in [-0.25, -0.2) is 22.8 Å². The zero-order valence-corrected chi connectivity index (χ0v) is 20.8. The van der Waals surface area contributed by atoms with Crippen molar-refractivity contribution in [2.24, 2.45) is 0 Å². The van der Waals surface area contributed by atoms with E-state index in [9.17, 15) is 17.6 Å². The molecule has 0 amide bonds. The maximum Gasteiger partial charge on any atom is 0.271 e. The summed E-state index contributed by atoms with van der Waals surface area (Å²) >= 11 is 6.59. The molecule has 0 saturated heterocycles. The van der Waals surface area contributed by atoms with Crippen molar-refractivity contribution in [1.29, 1.82) is 0 Å². The SMILES string of the molecule is COc1cc(-c2cccc(F)c2)c(Cl)cc1N(c1ncccn1)S(=O)(=O)c1ccc2[nH]c(=O)ccc2c1. The number of fused-ring (bicyclic) bond motifs is 1. The summed E-state index contributed by atoms with van der Waals surface area (Å²) in [5.41, 5.74) is 1.17. The zero-order valence-electron chi connectivity index (χ0n) is 19.2. The van der Waals surface area contributed by atoms with Crippen LogP contribution in [0.25, 0.3) is 22.0 Å². The Balaban J connectivity index is 1.72. The lowest BCUT2D eigenvalue weighted by Crippen LogP contribution is -2.28. The van der Waals surface area contributed by atoms with Crippen LogP contribution in [-0.4, -0.2) is 30.5 Å². The second kappa shape index (κ2) is 9.64. The summed E-state index contributed by atoms with van der Waals surface area (Å²) in [7, 11) is -2.94. The van der Waals surface area contributed by atoms with Crippen molar-refractivity contribution in [3.8, 4) is 16.9 Å². The smallest absolute Gasteiger partial charge is 0.271 e. The average Bonchev–Trinajstić information content (AvgIpc) is 2.89. The lowest BCUT2D eigenvalue weighted by Gasteiger charge is -2.25. The molecule has 0 aliphatic heterocycles. The molecule has 0 radical (unpaired) electrons. The van der Waals surface area contributed by atoms with Crippen molar-refractivity contribution in [3.05, 3.63) is 106 Å². The van der Waals surface area contributed by atoms with Gasteiger partial charge in [0.25, 0.3) is 10.0 Å². The molecule has 37 heavy (non-hydrogen) atoms. The van der Waals surface area contributed by atoms with E-state index in [-0.39, 0.29) is 32.9 Å². The molecular formula is C26H18ClFN4O4S. The van der Waals surface area contributed by atoms with Crippen LogP contribution in [0.3, 0.4) is 0 Å². The fourth-order valence-corrected chi connectivity index (χ4v) is 5.59. The Morgan fingerprint density at radius 2 is 1.76 bits per heavy atom. The van der Waals surface area contributed by atoms with E-state index in [1.54, 1.807) is 18.2 Å². The van der Waals surface area contributed by atoms with Gasteiger partial charge in [-0.2, -0.15) is 4.31 Å². The first kappa shape index (κ1) is 24.4. The molecule has 5 rings (SSSR count). The fourth-order valence-electron chi connectivity index (χ4n) is 3.88. The van der Waals surface area contributed by atoms with Crippen LogP contribution in [0.2, 0.25) is 5.02 Å². The highest BCUT2D eigenvalue weighted by atomic mass is 35.5. The van der Waals surface area contributed by atoms with Gasteiger partial charge in [0.2, 0.25) is 11.5 Å². The van der Waals surface area contributed by atoms with Gasteiger partial charge in [0.1, 0.15) is 17.3 Å². The molecule has 0 unspecified atom stereocenters. The molecule has 0 saturated carbocycles. The molecule has 3 aromatic carbocycles. The summed E-state index contributed by atoms with van der Waals surface area (Å²) in [5.74, 6) is -0.446. The van der Waals surface area contributed by atoms with Crippen LogP contribution in [0.5, 0.6) is 5.75 Å². The first-order chi connectivity index (χ1) is 17.8. The predicted molar refractivity (Wildman–Crippen MR) is 139 cm³/mol. The van der Waals surface area contributed by atoms with Gasteiger partial charge in [-0.05, 0) is 65.5 Å². The Bertz CT molecular complexity index is 1800. The number of anilines is 2. The van der Waals surface area contributed by atoms with Crippen LogP contribution in [0.15, 0.2) is 94.9 Å². The lowest BCUT2D eigenvalue weighted by molar-refractivity contribution is 0.416. The normalized spacial score (nSPS) is 11.4. The van der Waals surface area contributed by atoms with Gasteiger partial charge < -0.3 is 9.72 Å². The quantitative estimate of drug-likeness (QED) is 0.315. The molecule has 5 aromatic rings. The zero-order chi connectivity index (χ0) is 26.2. The maximum absolute atomic E-state index is 14.0. The van der Waals surface area contributed by atoms with E-state index < -0.39 is 15.8 Å². The molecule has 0 atom stereocenters. The van der Waals surface area contributed by atoms with Gasteiger partial charge in [-0.1, -0.05) is 23.7 Å². The number of hydrogen-bond acceptors (Lipinski definition) is 6. The van der Waals surface area contributed by atoms with Gasteiger partial charge in [0.15, 0.2) is 0 Å². The molecule has 0 spiro atoms. The largest absolute Gasteiger partial charge is 0.495 e. The number of pyridine rings is 1. The van der Waals surface area contributed by atoms with Gasteiger partial charge >= 0.3 is 0 Å². The highest BCUT2D eigenvalue weighted by molar-refractivity contribution is 7.93. The summed E-state index contributed by atoms with van der Waals surface area (Å²) in [6, 6.07) is 17.5. The van der Waals surface area contributed by atoms with Crippen LogP contribution >= 0.6 is 11.6 Å². The summed E-state index contributed by atoms with van der Waals surface area (Å²) in [6.07, 6.45) is 2.82. The summed E-state index contributed by atoms with van der Waals surface area (Å²) in [5, 5.41) is 0.676. The standard InChI is InChI=1S/C26H18ClFN4O4S/c1-36-24-14-20(16-4-2-5-18(28)12-16)21(27)15-23(24)32(26-29-10-3-11-30-26)37(34,35)19-7-8-22-17(13-19)6-9-25(33)31-22/h2-15H,1H3,(H,31,33). The van der Waals surface area contributed by atoms with E-state index in [2.05, 4.69) is 15.0 Å². The van der Waals surface area contributed by atoms with Crippen LogP contribution in [0, 0.1) is 5.82 Å². The number of hydrogen-bond donors (Lipinski definition) is 1. The van der Waals surface area contributed by atoms with Crippen molar-refractivity contribution in [2.75, 3.05) is 11.4 Å². The van der Waals surface area contributed by atoms with Gasteiger partial charge in [0, 0.05) is 29.5 Å². The number of methoxy groups -OCH3 is 1. The van der Waals surface area contributed by atoms with Crippen LogP contribution in [0.4, 0.5) is 16.0 Å². The number of aromatic amines is 1. The summed E-state index contributed by atoms with van der Waals surface area (Å²) < 4.78 is 48.5. The Morgan fingerprint density at radius 1 is 0.973 bits per heavy atom. The van der Waals surface area contributed by atoms with Crippen molar-refractivity contribution in [3.63, 3.8) is 0 Å². The van der Waals surface area contributed by atoms with E-state index in [1.807, 2.05) is 0 Å². The van der Waals surface area contributed by atoms with E-state index in [4.69, 9.17) is 16.3 Å². The number of rotatable bonds is 6. The number of ether oxygens (including phenoxy) is 1. The Hall–Kier alpha value is -4.28. The maximum atomic E-state index is 14.0. The topological polar surface area (TPSA) is 105 Å².